The highest BCUT2D eigenvalue weighted by atomic mass is 32.2. The Morgan fingerprint density at radius 2 is 2.12 bits per heavy atom. The van der Waals surface area contributed by atoms with Gasteiger partial charge in [0.2, 0.25) is 5.91 Å². The van der Waals surface area contributed by atoms with Crippen LogP contribution in [0, 0.1) is 0 Å². The maximum absolute atomic E-state index is 11.4. The van der Waals surface area contributed by atoms with Gasteiger partial charge in [-0.05, 0) is 6.92 Å². The van der Waals surface area contributed by atoms with E-state index in [9.17, 15) is 18.3 Å². The van der Waals surface area contributed by atoms with Crippen LogP contribution in [0.2, 0.25) is 0 Å². The van der Waals surface area contributed by atoms with Gasteiger partial charge in [0.1, 0.15) is 0 Å². The summed E-state index contributed by atoms with van der Waals surface area (Å²) in [4.78, 5) is 13.0. The first-order valence-corrected chi connectivity index (χ1v) is 7.03. The summed E-state index contributed by atoms with van der Waals surface area (Å²) < 4.78 is 22.4. The van der Waals surface area contributed by atoms with Crippen molar-refractivity contribution in [3.8, 4) is 0 Å². The van der Waals surface area contributed by atoms with Crippen LogP contribution in [0.25, 0.3) is 0 Å². The average Bonchev–Trinajstić information content (AvgIpc) is 2.47. The number of likely N-dealkylation sites (N-methyl/N-ethyl adjacent to an activating group) is 1. The second-order valence-electron chi connectivity index (χ2n) is 4.04. The molecule has 0 aromatic rings. The molecule has 1 fully saturated rings. The second kappa shape index (κ2) is 5.11. The monoisotopic (exact) mass is 250 g/mol. The van der Waals surface area contributed by atoms with E-state index in [1.165, 1.54) is 4.90 Å². The molecule has 1 saturated heterocycles. The normalized spacial score (nSPS) is 27.9. The Labute approximate surface area is 95.5 Å². The van der Waals surface area contributed by atoms with E-state index in [1.54, 1.807) is 7.05 Å². The van der Waals surface area contributed by atoms with E-state index in [-0.39, 0.29) is 24.0 Å². The maximum Gasteiger partial charge on any atom is 0.236 e. The summed E-state index contributed by atoms with van der Waals surface area (Å²) in [7, 11) is -1.48. The number of aliphatic hydroxyl groups is 1. The largest absolute Gasteiger partial charge is 0.390 e. The Kier molecular flexibility index (Phi) is 4.28. The molecule has 1 rings (SSSR count). The molecule has 0 aliphatic carbocycles. The molecule has 1 amide bonds. The van der Waals surface area contributed by atoms with Crippen molar-refractivity contribution in [2.24, 2.45) is 0 Å². The minimum atomic E-state index is -3.16. The molecule has 1 aliphatic heterocycles. The lowest BCUT2D eigenvalue weighted by Gasteiger charge is -2.18. The fraction of sp³-hybridized carbons (Fsp3) is 0.889. The molecule has 0 bridgehead atoms. The zero-order chi connectivity index (χ0) is 12.3. The van der Waals surface area contributed by atoms with E-state index < -0.39 is 22.0 Å². The Morgan fingerprint density at radius 1 is 1.50 bits per heavy atom. The highest BCUT2D eigenvalue weighted by molar-refractivity contribution is 7.91. The number of carbonyl (C=O) groups excluding carboxylic acids is 1. The maximum atomic E-state index is 11.4. The average molecular weight is 250 g/mol. The number of hydrogen-bond acceptors (Lipinski definition) is 5. The third-order valence-corrected chi connectivity index (χ3v) is 4.45. The highest BCUT2D eigenvalue weighted by Crippen LogP contribution is 2.12. The highest BCUT2D eigenvalue weighted by Gasteiger charge is 2.36. The summed E-state index contributed by atoms with van der Waals surface area (Å²) in [5, 5.41) is 12.2. The zero-order valence-electron chi connectivity index (χ0n) is 9.51. The van der Waals surface area contributed by atoms with Crippen molar-refractivity contribution in [3.63, 3.8) is 0 Å². The van der Waals surface area contributed by atoms with Gasteiger partial charge in [-0.15, -0.1) is 0 Å². The summed E-state index contributed by atoms with van der Waals surface area (Å²) in [6, 6.07) is -0.529. The van der Waals surface area contributed by atoms with Gasteiger partial charge in [-0.3, -0.25) is 4.79 Å². The van der Waals surface area contributed by atoms with E-state index in [1.807, 2.05) is 6.92 Å². The third kappa shape index (κ3) is 3.43. The van der Waals surface area contributed by atoms with Crippen molar-refractivity contribution in [2.75, 3.05) is 31.6 Å². The molecule has 2 unspecified atom stereocenters. The van der Waals surface area contributed by atoms with Gasteiger partial charge in [0.25, 0.3) is 0 Å². The first-order valence-electron chi connectivity index (χ1n) is 5.21. The molecular weight excluding hydrogens is 232 g/mol. The second-order valence-corrected chi connectivity index (χ2v) is 6.19. The van der Waals surface area contributed by atoms with Gasteiger partial charge in [0.05, 0.1) is 24.2 Å². The van der Waals surface area contributed by atoms with E-state index in [0.29, 0.717) is 6.54 Å². The van der Waals surface area contributed by atoms with Crippen molar-refractivity contribution in [1.29, 1.82) is 0 Å². The number of sulfone groups is 1. The van der Waals surface area contributed by atoms with Gasteiger partial charge in [0.15, 0.2) is 9.84 Å². The van der Waals surface area contributed by atoms with Crippen molar-refractivity contribution in [3.05, 3.63) is 0 Å². The third-order valence-electron chi connectivity index (χ3n) is 2.74. The topological polar surface area (TPSA) is 86.7 Å². The van der Waals surface area contributed by atoms with Gasteiger partial charge < -0.3 is 15.3 Å². The van der Waals surface area contributed by atoms with Gasteiger partial charge in [-0.1, -0.05) is 0 Å². The summed E-state index contributed by atoms with van der Waals surface area (Å²) in [5.41, 5.74) is 0. The summed E-state index contributed by atoms with van der Waals surface area (Å²) in [5.74, 6) is -0.432. The van der Waals surface area contributed by atoms with Crippen molar-refractivity contribution in [2.45, 2.75) is 19.1 Å². The van der Waals surface area contributed by atoms with Gasteiger partial charge >= 0.3 is 0 Å². The van der Waals surface area contributed by atoms with Crippen LogP contribution in [0.3, 0.4) is 0 Å². The summed E-state index contributed by atoms with van der Waals surface area (Å²) >= 11 is 0. The Bertz CT molecular complexity index is 355. The summed E-state index contributed by atoms with van der Waals surface area (Å²) in [6.45, 7) is 2.51. The molecule has 6 nitrogen and oxygen atoms in total. The fourth-order valence-electron chi connectivity index (χ4n) is 1.55. The predicted molar refractivity (Wildman–Crippen MR) is 59.8 cm³/mol. The van der Waals surface area contributed by atoms with E-state index >= 15 is 0 Å². The van der Waals surface area contributed by atoms with Crippen LogP contribution in [0.1, 0.15) is 6.92 Å². The Hall–Kier alpha value is -0.660. The SMILES string of the molecule is CCN(C)C(=O)CNC1CS(=O)(=O)CC1O. The number of carbonyl (C=O) groups is 1. The van der Waals surface area contributed by atoms with Crippen molar-refractivity contribution in [1.82, 2.24) is 10.2 Å². The van der Waals surface area contributed by atoms with E-state index in [0.717, 1.165) is 0 Å². The molecule has 0 radical (unpaired) electrons. The van der Waals surface area contributed by atoms with Crippen LogP contribution in [-0.4, -0.2) is 68.1 Å². The molecule has 0 spiro atoms. The lowest BCUT2D eigenvalue weighted by Crippen LogP contribution is -2.44. The fourth-order valence-corrected chi connectivity index (χ4v) is 3.33. The molecule has 2 N–H and O–H groups in total. The zero-order valence-corrected chi connectivity index (χ0v) is 10.3. The van der Waals surface area contributed by atoms with E-state index in [2.05, 4.69) is 5.32 Å². The molecule has 2 atom stereocenters. The lowest BCUT2D eigenvalue weighted by molar-refractivity contribution is -0.128. The molecule has 16 heavy (non-hydrogen) atoms. The number of nitrogens with one attached hydrogen (secondary N) is 1. The molecule has 94 valence electrons. The van der Waals surface area contributed by atoms with E-state index in [4.69, 9.17) is 0 Å². The standard InChI is InChI=1S/C9H18N2O4S/c1-3-11(2)9(13)4-10-7-5-16(14,15)6-8(7)12/h7-8,10,12H,3-6H2,1-2H3. The van der Waals surface area contributed by atoms with Crippen LogP contribution in [0.15, 0.2) is 0 Å². The number of nitrogens with zero attached hydrogens (tertiary/aromatic N) is 1. The minimum absolute atomic E-state index is 0.0571. The molecular formula is C9H18N2O4S. The minimum Gasteiger partial charge on any atom is -0.390 e. The van der Waals surface area contributed by atoms with Crippen LogP contribution >= 0.6 is 0 Å². The summed E-state index contributed by atoms with van der Waals surface area (Å²) in [6.07, 6.45) is -0.912. The first kappa shape index (κ1) is 13.4. The van der Waals surface area contributed by atoms with Crippen LogP contribution < -0.4 is 5.32 Å². The van der Waals surface area contributed by atoms with Gasteiger partial charge in [0, 0.05) is 19.6 Å². The van der Waals surface area contributed by atoms with Crippen molar-refractivity contribution < 1.29 is 18.3 Å². The van der Waals surface area contributed by atoms with Crippen molar-refractivity contribution >= 4 is 15.7 Å². The molecule has 0 aromatic carbocycles. The number of aliphatic hydroxyl groups excluding tert-OH is 1. The van der Waals surface area contributed by atoms with Gasteiger partial charge in [-0.25, -0.2) is 8.42 Å². The Balaban J connectivity index is 2.42. The first-order chi connectivity index (χ1) is 7.35. The quantitative estimate of drug-likeness (QED) is 0.615. The molecule has 0 saturated carbocycles. The van der Waals surface area contributed by atoms with Crippen LogP contribution in [0.4, 0.5) is 0 Å². The number of rotatable bonds is 4. The van der Waals surface area contributed by atoms with Crippen LogP contribution in [-0.2, 0) is 14.6 Å². The number of hydrogen-bond donors (Lipinski definition) is 2. The molecule has 0 aromatic heterocycles. The van der Waals surface area contributed by atoms with Crippen LogP contribution in [0.5, 0.6) is 0 Å². The number of amides is 1. The molecule has 7 heteroatoms. The molecule has 1 heterocycles. The molecule has 1 aliphatic rings. The Morgan fingerprint density at radius 3 is 2.56 bits per heavy atom. The smallest absolute Gasteiger partial charge is 0.236 e. The van der Waals surface area contributed by atoms with Gasteiger partial charge in [-0.2, -0.15) is 0 Å². The lowest BCUT2D eigenvalue weighted by atomic mass is 10.2. The predicted octanol–water partition coefficient (Wildman–Crippen LogP) is -1.79.